The lowest BCUT2D eigenvalue weighted by molar-refractivity contribution is 0.0916. The van der Waals surface area contributed by atoms with Gasteiger partial charge in [-0.3, -0.25) is 9.48 Å². The molecule has 1 fully saturated rings. The summed E-state index contributed by atoms with van der Waals surface area (Å²) in [6.07, 6.45) is 10.3. The monoisotopic (exact) mass is 349 g/mol. The van der Waals surface area contributed by atoms with Gasteiger partial charge in [-0.05, 0) is 62.8 Å². The summed E-state index contributed by atoms with van der Waals surface area (Å²) in [6, 6.07) is 8.90. The van der Waals surface area contributed by atoms with Crippen LogP contribution in [0.25, 0.3) is 11.4 Å². The maximum absolute atomic E-state index is 12.5. The van der Waals surface area contributed by atoms with Crippen LogP contribution in [0.4, 0.5) is 0 Å². The van der Waals surface area contributed by atoms with Crippen LogP contribution in [0.5, 0.6) is 0 Å². The van der Waals surface area contributed by atoms with Crippen molar-refractivity contribution in [2.45, 2.75) is 57.2 Å². The van der Waals surface area contributed by atoms with Gasteiger partial charge in [-0.25, -0.2) is 4.98 Å². The number of nitrogens with one attached hydrogen (secondary N) is 1. The van der Waals surface area contributed by atoms with Gasteiger partial charge in [-0.1, -0.05) is 0 Å². The Morgan fingerprint density at radius 3 is 2.92 bits per heavy atom. The van der Waals surface area contributed by atoms with Crippen LogP contribution in [0.3, 0.4) is 0 Å². The molecule has 1 amide bonds. The molecule has 6 heteroatoms. The molecule has 4 aliphatic rings. The third-order valence-corrected chi connectivity index (χ3v) is 5.80. The molecule has 134 valence electrons. The molecule has 0 spiro atoms. The zero-order chi connectivity index (χ0) is 17.5. The van der Waals surface area contributed by atoms with E-state index in [1.54, 1.807) is 0 Å². The number of rotatable bonds is 3. The van der Waals surface area contributed by atoms with Gasteiger partial charge in [0.15, 0.2) is 0 Å². The van der Waals surface area contributed by atoms with Crippen LogP contribution in [0.15, 0.2) is 36.7 Å². The Morgan fingerprint density at radius 1 is 1.19 bits per heavy atom. The highest BCUT2D eigenvalue weighted by atomic mass is 16.2. The molecular weight excluding hydrogens is 326 g/mol. The van der Waals surface area contributed by atoms with E-state index in [-0.39, 0.29) is 11.9 Å². The largest absolute Gasteiger partial charge is 0.348 e. The molecule has 4 heterocycles. The third-order valence-electron chi connectivity index (χ3n) is 5.80. The summed E-state index contributed by atoms with van der Waals surface area (Å²) < 4.78 is 4.27. The van der Waals surface area contributed by atoms with E-state index in [1.165, 1.54) is 11.3 Å². The van der Waals surface area contributed by atoms with Crippen molar-refractivity contribution in [1.29, 1.82) is 0 Å². The molecule has 3 aliphatic heterocycles. The number of amides is 1. The van der Waals surface area contributed by atoms with E-state index < -0.39 is 0 Å². The molecule has 1 aliphatic carbocycles. The molecule has 0 atom stereocenters. The average molecular weight is 349 g/mol. The van der Waals surface area contributed by atoms with Crippen molar-refractivity contribution < 1.29 is 4.79 Å². The van der Waals surface area contributed by atoms with Crippen molar-refractivity contribution in [1.82, 2.24) is 24.6 Å². The van der Waals surface area contributed by atoms with Gasteiger partial charge >= 0.3 is 0 Å². The summed E-state index contributed by atoms with van der Waals surface area (Å²) in [5.41, 5.74) is 2.95. The number of aryl methyl sites for hydroxylation is 2. The highest BCUT2D eigenvalue weighted by Gasteiger charge is 2.26. The second-order valence-corrected chi connectivity index (χ2v) is 7.47. The standard InChI is InChI=1S/C20H23N5O/c26-20(18-13-17-4-2-12-25(17)23-18)22-15-5-7-16(8-6-15)24-11-1-3-14-9-10-21-19(14)24/h1,3,9-11,13,15-16H,2,4-8,12H2,(H,22,26). The molecule has 1 aromatic rings. The van der Waals surface area contributed by atoms with E-state index in [1.807, 2.05) is 16.9 Å². The first-order valence-corrected chi connectivity index (χ1v) is 9.57. The minimum Gasteiger partial charge on any atom is -0.348 e. The van der Waals surface area contributed by atoms with Gasteiger partial charge in [0, 0.05) is 42.3 Å². The van der Waals surface area contributed by atoms with Crippen LogP contribution in [-0.4, -0.2) is 31.3 Å². The molecule has 0 saturated heterocycles. The van der Waals surface area contributed by atoms with Gasteiger partial charge in [-0.15, -0.1) is 0 Å². The van der Waals surface area contributed by atoms with Crippen LogP contribution in [0.2, 0.25) is 0 Å². The first kappa shape index (κ1) is 15.6. The SMILES string of the molecule is O=C(NC1CCC(n2cccc3ccnc2-3)CC1)c1cc2n(n1)CCC2. The Hall–Kier alpha value is -2.63. The van der Waals surface area contributed by atoms with Gasteiger partial charge in [0.2, 0.25) is 0 Å². The summed E-state index contributed by atoms with van der Waals surface area (Å²) in [4.78, 5) is 17.0. The average Bonchev–Trinajstić information content (AvgIpc) is 3.37. The number of nitrogens with zero attached hydrogens (tertiary/aromatic N) is 4. The lowest BCUT2D eigenvalue weighted by atomic mass is 9.90. The third kappa shape index (κ3) is 2.69. The quantitative estimate of drug-likeness (QED) is 0.790. The molecule has 1 N–H and O–H groups in total. The number of carbonyl (C=O) groups excluding carboxylic acids is 1. The maximum atomic E-state index is 12.5. The van der Waals surface area contributed by atoms with Crippen LogP contribution in [-0.2, 0) is 13.0 Å². The number of hydrogen-bond donors (Lipinski definition) is 1. The van der Waals surface area contributed by atoms with Crippen LogP contribution in [0, 0.1) is 0 Å². The van der Waals surface area contributed by atoms with Gasteiger partial charge < -0.3 is 9.88 Å². The minimum atomic E-state index is -0.0252. The summed E-state index contributed by atoms with van der Waals surface area (Å²) in [7, 11) is 0. The van der Waals surface area contributed by atoms with Gasteiger partial charge in [0.25, 0.3) is 5.91 Å². The van der Waals surface area contributed by atoms with Gasteiger partial charge in [0.1, 0.15) is 11.5 Å². The predicted molar refractivity (Wildman–Crippen MR) is 98.2 cm³/mol. The van der Waals surface area contributed by atoms with E-state index in [9.17, 15) is 4.79 Å². The van der Waals surface area contributed by atoms with E-state index >= 15 is 0 Å². The molecular formula is C20H23N5O. The van der Waals surface area contributed by atoms with Crippen molar-refractivity contribution in [2.75, 3.05) is 0 Å². The van der Waals surface area contributed by atoms with Crippen LogP contribution < -0.4 is 5.32 Å². The van der Waals surface area contributed by atoms with Crippen molar-refractivity contribution in [3.8, 4) is 11.4 Å². The topological polar surface area (TPSA) is 64.7 Å². The molecule has 0 bridgehead atoms. The highest BCUT2D eigenvalue weighted by Crippen LogP contribution is 2.32. The Bertz CT molecular complexity index is 881. The van der Waals surface area contributed by atoms with Crippen LogP contribution in [0.1, 0.15) is 54.3 Å². The maximum Gasteiger partial charge on any atom is 0.272 e. The molecule has 26 heavy (non-hydrogen) atoms. The highest BCUT2D eigenvalue weighted by molar-refractivity contribution is 5.92. The summed E-state index contributed by atoms with van der Waals surface area (Å²) in [5, 5.41) is 7.63. The molecule has 5 rings (SSSR count). The van der Waals surface area contributed by atoms with E-state index in [0.717, 1.165) is 50.9 Å². The van der Waals surface area contributed by atoms with E-state index in [0.29, 0.717) is 11.7 Å². The zero-order valence-electron chi connectivity index (χ0n) is 14.8. The van der Waals surface area contributed by atoms with E-state index in [2.05, 4.69) is 44.4 Å². The first-order valence-electron chi connectivity index (χ1n) is 9.57. The zero-order valence-corrected chi connectivity index (χ0v) is 14.8. The van der Waals surface area contributed by atoms with Crippen molar-refractivity contribution in [2.24, 2.45) is 0 Å². The smallest absolute Gasteiger partial charge is 0.272 e. The van der Waals surface area contributed by atoms with E-state index in [4.69, 9.17) is 0 Å². The van der Waals surface area contributed by atoms with Crippen molar-refractivity contribution in [3.05, 3.63) is 48.0 Å². The van der Waals surface area contributed by atoms with Crippen molar-refractivity contribution >= 4 is 5.91 Å². The fraction of sp³-hybridized carbons (Fsp3) is 0.450. The minimum absolute atomic E-state index is 0.0252. The molecule has 0 unspecified atom stereocenters. The number of aromatic nitrogens is 4. The van der Waals surface area contributed by atoms with Crippen molar-refractivity contribution in [3.63, 3.8) is 0 Å². The number of fused-ring (bicyclic) bond motifs is 2. The Morgan fingerprint density at radius 2 is 2.08 bits per heavy atom. The number of hydrogen-bond acceptors (Lipinski definition) is 3. The number of pyridine rings is 1. The lowest BCUT2D eigenvalue weighted by Gasteiger charge is -2.31. The molecule has 0 aromatic carbocycles. The van der Waals surface area contributed by atoms with Crippen LogP contribution >= 0.6 is 0 Å². The normalized spacial score (nSPS) is 22.5. The Kier molecular flexibility index (Phi) is 3.76. The number of carbonyl (C=O) groups is 1. The summed E-state index contributed by atoms with van der Waals surface area (Å²) in [5.74, 6) is 1.04. The molecule has 6 nitrogen and oxygen atoms in total. The lowest BCUT2D eigenvalue weighted by Crippen LogP contribution is -2.38. The first-order chi connectivity index (χ1) is 12.8. The second-order valence-electron chi connectivity index (χ2n) is 7.47. The Labute approximate surface area is 152 Å². The predicted octanol–water partition coefficient (Wildman–Crippen LogP) is 3.04. The molecule has 1 aromatic heterocycles. The fourth-order valence-corrected chi connectivity index (χ4v) is 4.42. The van der Waals surface area contributed by atoms with Gasteiger partial charge in [-0.2, -0.15) is 5.10 Å². The van der Waals surface area contributed by atoms with Gasteiger partial charge in [0.05, 0.1) is 0 Å². The second kappa shape index (κ2) is 6.27. The summed E-state index contributed by atoms with van der Waals surface area (Å²) >= 11 is 0. The summed E-state index contributed by atoms with van der Waals surface area (Å²) in [6.45, 7) is 0.937. The Balaban J connectivity index is 1.22. The molecule has 0 radical (unpaired) electrons. The fourth-order valence-electron chi connectivity index (χ4n) is 4.42. The molecule has 1 saturated carbocycles.